The second-order valence-electron chi connectivity index (χ2n) is 7.04. The summed E-state index contributed by atoms with van der Waals surface area (Å²) in [4.78, 5) is 19.5. The Morgan fingerprint density at radius 1 is 1.17 bits per heavy atom. The predicted octanol–water partition coefficient (Wildman–Crippen LogP) is 2.68. The zero-order valence-corrected chi connectivity index (χ0v) is 14.4. The number of nitriles is 1. The molecule has 0 bridgehead atoms. The molecular formula is C18H25N3O2. The molecule has 1 aliphatic heterocycles. The summed E-state index contributed by atoms with van der Waals surface area (Å²) in [5.74, 6) is -0.221. The summed E-state index contributed by atoms with van der Waals surface area (Å²) < 4.78 is 0. The van der Waals surface area contributed by atoms with Crippen LogP contribution in [-0.2, 0) is 9.63 Å². The van der Waals surface area contributed by atoms with Gasteiger partial charge in [-0.25, -0.2) is 4.79 Å². The Balaban J connectivity index is 1.94. The lowest BCUT2D eigenvalue weighted by atomic mass is 9.98. The first-order valence-electron chi connectivity index (χ1n) is 7.99. The van der Waals surface area contributed by atoms with Gasteiger partial charge in [0.2, 0.25) is 0 Å². The highest BCUT2D eigenvalue weighted by Crippen LogP contribution is 2.23. The van der Waals surface area contributed by atoms with Crippen molar-refractivity contribution in [2.24, 2.45) is 5.41 Å². The summed E-state index contributed by atoms with van der Waals surface area (Å²) in [5.41, 5.74) is 1.69. The lowest BCUT2D eigenvalue weighted by molar-refractivity contribution is -0.207. The summed E-state index contributed by atoms with van der Waals surface area (Å²) >= 11 is 0. The molecule has 1 fully saturated rings. The topological polar surface area (TPSA) is 56.6 Å². The van der Waals surface area contributed by atoms with Crippen LogP contribution in [0.2, 0.25) is 0 Å². The Labute approximate surface area is 138 Å². The van der Waals surface area contributed by atoms with Crippen molar-refractivity contribution in [1.82, 2.24) is 9.96 Å². The van der Waals surface area contributed by atoms with Crippen molar-refractivity contribution < 1.29 is 9.63 Å². The van der Waals surface area contributed by atoms with Crippen LogP contribution >= 0.6 is 0 Å². The molecule has 1 aromatic rings. The Kier molecular flexibility index (Phi) is 5.40. The SMILES string of the molecule is Cc1ccc(C(C#N)N2CCN(OC(=O)C(C)(C)C)CC2)cc1. The maximum atomic E-state index is 11.9. The van der Waals surface area contributed by atoms with Crippen molar-refractivity contribution in [3.63, 3.8) is 0 Å². The van der Waals surface area contributed by atoms with Crippen LogP contribution in [0, 0.1) is 23.7 Å². The van der Waals surface area contributed by atoms with Crippen LogP contribution in [0.15, 0.2) is 24.3 Å². The van der Waals surface area contributed by atoms with Crippen molar-refractivity contribution in [3.05, 3.63) is 35.4 Å². The van der Waals surface area contributed by atoms with Crippen molar-refractivity contribution in [1.29, 1.82) is 5.26 Å². The molecule has 0 saturated carbocycles. The molecule has 1 aliphatic rings. The third-order valence-electron chi connectivity index (χ3n) is 3.98. The van der Waals surface area contributed by atoms with E-state index in [1.807, 2.05) is 52.0 Å². The fraction of sp³-hybridized carbons (Fsp3) is 0.556. The third-order valence-corrected chi connectivity index (χ3v) is 3.98. The van der Waals surface area contributed by atoms with E-state index in [2.05, 4.69) is 11.0 Å². The van der Waals surface area contributed by atoms with Crippen LogP contribution in [0.4, 0.5) is 0 Å². The molecule has 0 amide bonds. The average molecular weight is 315 g/mol. The molecule has 124 valence electrons. The first-order chi connectivity index (χ1) is 10.8. The minimum absolute atomic E-state index is 0.221. The second kappa shape index (κ2) is 7.12. The molecule has 1 unspecified atom stereocenters. The van der Waals surface area contributed by atoms with E-state index in [0.717, 1.165) is 5.56 Å². The Morgan fingerprint density at radius 2 is 1.74 bits per heavy atom. The van der Waals surface area contributed by atoms with Gasteiger partial charge in [0.15, 0.2) is 0 Å². The normalized spacial score (nSPS) is 18.2. The van der Waals surface area contributed by atoms with Gasteiger partial charge in [-0.2, -0.15) is 5.26 Å². The van der Waals surface area contributed by atoms with E-state index in [1.165, 1.54) is 5.56 Å². The van der Waals surface area contributed by atoms with Gasteiger partial charge in [0, 0.05) is 26.2 Å². The van der Waals surface area contributed by atoms with E-state index in [0.29, 0.717) is 26.2 Å². The van der Waals surface area contributed by atoms with Gasteiger partial charge in [-0.05, 0) is 33.3 Å². The average Bonchev–Trinajstić information content (AvgIpc) is 2.50. The molecule has 1 atom stereocenters. The van der Waals surface area contributed by atoms with Crippen molar-refractivity contribution >= 4 is 5.97 Å². The van der Waals surface area contributed by atoms with Crippen molar-refractivity contribution in [2.45, 2.75) is 33.7 Å². The number of aryl methyl sites for hydroxylation is 1. The first-order valence-corrected chi connectivity index (χ1v) is 7.99. The summed E-state index contributed by atoms with van der Waals surface area (Å²) in [7, 11) is 0. The maximum absolute atomic E-state index is 11.9. The highest BCUT2D eigenvalue weighted by atomic mass is 16.7. The van der Waals surface area contributed by atoms with Gasteiger partial charge in [-0.3, -0.25) is 4.90 Å². The molecule has 5 heteroatoms. The lowest BCUT2D eigenvalue weighted by Crippen LogP contribution is -2.48. The van der Waals surface area contributed by atoms with Gasteiger partial charge in [-0.1, -0.05) is 29.8 Å². The van der Waals surface area contributed by atoms with E-state index >= 15 is 0 Å². The maximum Gasteiger partial charge on any atom is 0.330 e. The number of carbonyl (C=O) groups is 1. The van der Waals surface area contributed by atoms with Gasteiger partial charge >= 0.3 is 5.97 Å². The van der Waals surface area contributed by atoms with Crippen LogP contribution < -0.4 is 0 Å². The molecule has 0 N–H and O–H groups in total. The van der Waals surface area contributed by atoms with Crippen LogP contribution in [0.1, 0.15) is 37.9 Å². The summed E-state index contributed by atoms with van der Waals surface area (Å²) in [6.45, 7) is 10.2. The van der Waals surface area contributed by atoms with Crippen molar-refractivity contribution in [3.8, 4) is 6.07 Å². The summed E-state index contributed by atoms with van der Waals surface area (Å²) in [5, 5.41) is 11.2. The fourth-order valence-electron chi connectivity index (χ4n) is 2.42. The second-order valence-corrected chi connectivity index (χ2v) is 7.04. The van der Waals surface area contributed by atoms with E-state index < -0.39 is 5.41 Å². The molecule has 23 heavy (non-hydrogen) atoms. The predicted molar refractivity (Wildman–Crippen MR) is 88.2 cm³/mol. The van der Waals surface area contributed by atoms with Crippen LogP contribution in [0.5, 0.6) is 0 Å². The Hall–Kier alpha value is -1.90. The number of hydrogen-bond acceptors (Lipinski definition) is 5. The molecule has 5 nitrogen and oxygen atoms in total. The van der Waals surface area contributed by atoms with Gasteiger partial charge in [0.05, 0.1) is 11.5 Å². The molecule has 0 spiro atoms. The molecule has 0 radical (unpaired) electrons. The van der Waals surface area contributed by atoms with Gasteiger partial charge in [0.1, 0.15) is 6.04 Å². The van der Waals surface area contributed by atoms with Gasteiger partial charge in [-0.15, -0.1) is 5.06 Å². The van der Waals surface area contributed by atoms with E-state index in [4.69, 9.17) is 4.84 Å². The van der Waals surface area contributed by atoms with Gasteiger partial charge < -0.3 is 4.84 Å². The van der Waals surface area contributed by atoms with Crippen LogP contribution in [-0.4, -0.2) is 42.1 Å². The van der Waals surface area contributed by atoms with Gasteiger partial charge in [0.25, 0.3) is 0 Å². The zero-order valence-electron chi connectivity index (χ0n) is 14.4. The first kappa shape index (κ1) is 17.5. The number of benzene rings is 1. The number of nitrogens with zero attached hydrogens (tertiary/aromatic N) is 3. The molecular weight excluding hydrogens is 290 g/mol. The smallest absolute Gasteiger partial charge is 0.330 e. The monoisotopic (exact) mass is 315 g/mol. The largest absolute Gasteiger partial charge is 0.367 e. The number of carbonyl (C=O) groups excluding carboxylic acids is 1. The third kappa shape index (κ3) is 4.54. The summed E-state index contributed by atoms with van der Waals surface area (Å²) in [6.07, 6.45) is 0. The molecule has 0 aromatic heterocycles. The van der Waals surface area contributed by atoms with E-state index in [-0.39, 0.29) is 12.0 Å². The Morgan fingerprint density at radius 3 is 2.22 bits per heavy atom. The molecule has 1 heterocycles. The quantitative estimate of drug-likeness (QED) is 0.858. The highest BCUT2D eigenvalue weighted by Gasteiger charge is 2.30. The number of rotatable bonds is 3. The number of piperazine rings is 1. The van der Waals surface area contributed by atoms with E-state index in [1.54, 1.807) is 5.06 Å². The van der Waals surface area contributed by atoms with Crippen LogP contribution in [0.3, 0.4) is 0 Å². The lowest BCUT2D eigenvalue weighted by Gasteiger charge is -2.36. The molecule has 1 saturated heterocycles. The summed E-state index contributed by atoms with van der Waals surface area (Å²) in [6, 6.07) is 10.2. The van der Waals surface area contributed by atoms with Crippen LogP contribution in [0.25, 0.3) is 0 Å². The molecule has 1 aromatic carbocycles. The zero-order chi connectivity index (χ0) is 17.0. The minimum Gasteiger partial charge on any atom is -0.367 e. The fourth-order valence-corrected chi connectivity index (χ4v) is 2.42. The minimum atomic E-state index is -0.506. The molecule has 2 rings (SSSR count). The number of hydrogen-bond donors (Lipinski definition) is 0. The van der Waals surface area contributed by atoms with Crippen molar-refractivity contribution in [2.75, 3.05) is 26.2 Å². The standard InChI is InChI=1S/C18H25N3O2/c1-14-5-7-15(8-6-14)16(13-19)20-9-11-21(12-10-20)23-17(22)18(2,3)4/h5-8,16H,9-12H2,1-4H3. The van der Waals surface area contributed by atoms with E-state index in [9.17, 15) is 10.1 Å². The highest BCUT2D eigenvalue weighted by molar-refractivity contribution is 5.75. The number of hydroxylamine groups is 2. The molecule has 0 aliphatic carbocycles. The Bertz CT molecular complexity index is 576.